The van der Waals surface area contributed by atoms with E-state index in [0.29, 0.717) is 0 Å². The Morgan fingerprint density at radius 3 is 2.29 bits per heavy atom. The Kier molecular flexibility index (Phi) is 3.80. The first-order chi connectivity index (χ1) is 6.49. The fraction of sp³-hybridized carbons (Fsp3) is 1.00. The number of alkyl halides is 2. The molecule has 1 fully saturated rings. The van der Waals surface area contributed by atoms with Crippen LogP contribution in [0.15, 0.2) is 0 Å². The van der Waals surface area contributed by atoms with Crippen LogP contribution in [0.1, 0.15) is 13.8 Å². The zero-order valence-corrected chi connectivity index (χ0v) is 8.23. The molecule has 0 saturated carbocycles. The lowest BCUT2D eigenvalue weighted by Crippen LogP contribution is -2.57. The Bertz CT molecular complexity index is 187. The lowest BCUT2D eigenvalue weighted by Gasteiger charge is -2.40. The van der Waals surface area contributed by atoms with Crippen molar-refractivity contribution in [3.05, 3.63) is 0 Å². The van der Waals surface area contributed by atoms with Gasteiger partial charge in [0, 0.05) is 0 Å². The minimum atomic E-state index is -1.86. The summed E-state index contributed by atoms with van der Waals surface area (Å²) in [4.78, 5) is 0. The highest BCUT2D eigenvalue weighted by atomic mass is 19.1. The average Bonchev–Trinajstić information content (AvgIpc) is 2.14. The Morgan fingerprint density at radius 2 is 1.86 bits per heavy atom. The molecule has 0 aromatic carbocycles. The maximum atomic E-state index is 13.2. The first-order valence-corrected chi connectivity index (χ1v) is 4.70. The summed E-state index contributed by atoms with van der Waals surface area (Å²) in [5.74, 6) is -0.0961. The molecule has 0 bridgehead atoms. The van der Waals surface area contributed by atoms with Crippen molar-refractivity contribution >= 4 is 0 Å². The number of halogens is 2. The molecule has 0 radical (unpaired) electrons. The van der Waals surface area contributed by atoms with Crippen LogP contribution in [0.3, 0.4) is 0 Å². The molecule has 3 nitrogen and oxygen atoms in total. The van der Waals surface area contributed by atoms with E-state index < -0.39 is 37.3 Å². The van der Waals surface area contributed by atoms with Crippen LogP contribution in [0.25, 0.3) is 0 Å². The van der Waals surface area contributed by atoms with Gasteiger partial charge in [0.05, 0.1) is 6.10 Å². The van der Waals surface area contributed by atoms with Crippen LogP contribution in [0.2, 0.25) is 0 Å². The highest BCUT2D eigenvalue weighted by molar-refractivity contribution is 4.93. The molecule has 0 aliphatic carbocycles. The molecule has 1 saturated heterocycles. The Balaban J connectivity index is 2.73. The number of hydrogen-bond donors (Lipinski definition) is 2. The number of hydrogen-bond acceptors (Lipinski definition) is 3. The van der Waals surface area contributed by atoms with Gasteiger partial charge in [0.2, 0.25) is 0 Å². The summed E-state index contributed by atoms with van der Waals surface area (Å²) in [5, 5.41) is 18.7. The van der Waals surface area contributed by atoms with E-state index in [4.69, 9.17) is 4.74 Å². The number of ether oxygens (including phenoxy) is 1. The first-order valence-electron chi connectivity index (χ1n) is 4.70. The van der Waals surface area contributed by atoms with Gasteiger partial charge in [-0.05, 0) is 5.92 Å². The first kappa shape index (κ1) is 11.8. The second-order valence-electron chi connectivity index (χ2n) is 3.96. The van der Waals surface area contributed by atoms with Crippen molar-refractivity contribution in [3.8, 4) is 0 Å². The monoisotopic (exact) mass is 210 g/mol. The van der Waals surface area contributed by atoms with E-state index in [1.165, 1.54) is 0 Å². The molecule has 1 aliphatic heterocycles. The average molecular weight is 210 g/mol. The zero-order valence-electron chi connectivity index (χ0n) is 8.23. The van der Waals surface area contributed by atoms with Gasteiger partial charge < -0.3 is 14.9 Å². The minimum absolute atomic E-state index is 0.0961. The van der Waals surface area contributed by atoms with Crippen molar-refractivity contribution in [1.82, 2.24) is 0 Å². The van der Waals surface area contributed by atoms with Gasteiger partial charge in [-0.1, -0.05) is 13.8 Å². The van der Waals surface area contributed by atoms with Crippen molar-refractivity contribution in [2.24, 2.45) is 5.92 Å². The lowest BCUT2D eigenvalue weighted by atomic mass is 9.90. The molecule has 14 heavy (non-hydrogen) atoms. The Hall–Kier alpha value is -0.260. The second kappa shape index (κ2) is 4.51. The van der Waals surface area contributed by atoms with E-state index in [0.717, 1.165) is 0 Å². The summed E-state index contributed by atoms with van der Waals surface area (Å²) in [5.41, 5.74) is 0. The van der Waals surface area contributed by atoms with Crippen LogP contribution in [0.4, 0.5) is 8.78 Å². The quantitative estimate of drug-likeness (QED) is 0.695. The summed E-state index contributed by atoms with van der Waals surface area (Å²) < 4.78 is 30.5. The molecule has 5 heteroatoms. The zero-order chi connectivity index (χ0) is 10.9. The molecule has 5 atom stereocenters. The minimum Gasteiger partial charge on any atom is -0.388 e. The smallest absolute Gasteiger partial charge is 0.157 e. The summed E-state index contributed by atoms with van der Waals surface area (Å²) in [6, 6.07) is 0. The summed E-state index contributed by atoms with van der Waals surface area (Å²) in [7, 11) is 0. The van der Waals surface area contributed by atoms with Crippen molar-refractivity contribution < 1.29 is 23.7 Å². The summed E-state index contributed by atoms with van der Waals surface area (Å²) in [6.45, 7) is 2.52. The fourth-order valence-electron chi connectivity index (χ4n) is 1.63. The highest BCUT2D eigenvalue weighted by Gasteiger charge is 2.45. The lowest BCUT2D eigenvalue weighted by molar-refractivity contribution is -0.217. The third-order valence-corrected chi connectivity index (χ3v) is 2.51. The van der Waals surface area contributed by atoms with E-state index in [1.807, 2.05) is 0 Å². The topological polar surface area (TPSA) is 49.7 Å². The van der Waals surface area contributed by atoms with Gasteiger partial charge in [0.25, 0.3) is 0 Å². The van der Waals surface area contributed by atoms with Crippen molar-refractivity contribution in [3.63, 3.8) is 0 Å². The number of rotatable bonds is 2. The molecular formula is C9H16F2O3. The standard InChI is InChI=1S/C9H16F2O3/c1-4(2)9-8(13)7(12)6(11)5(3-10)14-9/h4-9,12-13H,3H2,1-2H3/t5-,6-,7+,8-,9+/m1/s1. The molecule has 0 aromatic heterocycles. The Labute approximate surface area is 81.7 Å². The van der Waals surface area contributed by atoms with Gasteiger partial charge in [0.15, 0.2) is 6.17 Å². The van der Waals surface area contributed by atoms with Crippen LogP contribution >= 0.6 is 0 Å². The molecule has 0 spiro atoms. The Morgan fingerprint density at radius 1 is 1.29 bits per heavy atom. The molecule has 1 aliphatic rings. The van der Waals surface area contributed by atoms with Gasteiger partial charge in [-0.3, -0.25) is 0 Å². The predicted octanol–water partition coefficient (Wildman–Crippen LogP) is 0.439. The summed E-state index contributed by atoms with van der Waals surface area (Å²) in [6.07, 6.45) is -6.67. The molecule has 2 N–H and O–H groups in total. The SMILES string of the molecule is CC(C)[C@@H]1O[C@H](CF)[C@@H](F)[C@H](O)[C@H]1O. The molecule has 0 unspecified atom stereocenters. The van der Waals surface area contributed by atoms with Crippen molar-refractivity contribution in [1.29, 1.82) is 0 Å². The molecule has 0 aromatic rings. The van der Waals surface area contributed by atoms with Crippen molar-refractivity contribution in [2.75, 3.05) is 6.67 Å². The third-order valence-electron chi connectivity index (χ3n) is 2.51. The maximum Gasteiger partial charge on any atom is 0.157 e. The number of aliphatic hydroxyl groups excluding tert-OH is 2. The van der Waals surface area contributed by atoms with E-state index in [1.54, 1.807) is 13.8 Å². The van der Waals surface area contributed by atoms with Gasteiger partial charge >= 0.3 is 0 Å². The van der Waals surface area contributed by atoms with Crippen LogP contribution in [-0.2, 0) is 4.74 Å². The van der Waals surface area contributed by atoms with E-state index >= 15 is 0 Å². The normalized spacial score (nSPS) is 44.4. The molecule has 0 amide bonds. The van der Waals surface area contributed by atoms with Gasteiger partial charge in [-0.15, -0.1) is 0 Å². The third kappa shape index (κ3) is 2.04. The fourth-order valence-corrected chi connectivity index (χ4v) is 1.63. The van der Waals surface area contributed by atoms with Crippen LogP contribution in [-0.4, -0.2) is 47.5 Å². The van der Waals surface area contributed by atoms with E-state index in [9.17, 15) is 19.0 Å². The van der Waals surface area contributed by atoms with Crippen LogP contribution in [0.5, 0.6) is 0 Å². The predicted molar refractivity (Wildman–Crippen MR) is 46.4 cm³/mol. The molecule has 84 valence electrons. The van der Waals surface area contributed by atoms with Gasteiger partial charge in [-0.2, -0.15) is 0 Å². The van der Waals surface area contributed by atoms with Crippen molar-refractivity contribution in [2.45, 2.75) is 44.4 Å². The molecule has 1 rings (SSSR count). The summed E-state index contributed by atoms with van der Waals surface area (Å²) >= 11 is 0. The van der Waals surface area contributed by atoms with Gasteiger partial charge in [-0.25, -0.2) is 8.78 Å². The van der Waals surface area contributed by atoms with Gasteiger partial charge in [0.1, 0.15) is 25.0 Å². The number of aliphatic hydroxyl groups is 2. The van der Waals surface area contributed by atoms with E-state index in [2.05, 4.69) is 0 Å². The molecular weight excluding hydrogens is 194 g/mol. The largest absolute Gasteiger partial charge is 0.388 e. The highest BCUT2D eigenvalue weighted by Crippen LogP contribution is 2.27. The van der Waals surface area contributed by atoms with Crippen LogP contribution < -0.4 is 0 Å². The van der Waals surface area contributed by atoms with Crippen LogP contribution in [0, 0.1) is 5.92 Å². The second-order valence-corrected chi connectivity index (χ2v) is 3.96. The van der Waals surface area contributed by atoms with E-state index in [-0.39, 0.29) is 5.92 Å². The maximum absolute atomic E-state index is 13.2. The molecule has 1 heterocycles.